The van der Waals surface area contributed by atoms with E-state index < -0.39 is 163 Å². The topological polar surface area (TPSA) is 409 Å². The first-order chi connectivity index (χ1) is 52.1. The third-order valence-corrected chi connectivity index (χ3v) is 19.5. The van der Waals surface area contributed by atoms with Crippen molar-refractivity contribution >= 4 is 110 Å². The Morgan fingerprint density at radius 3 is 1.71 bits per heavy atom. The first-order valence-electron chi connectivity index (χ1n) is 37.0. The molecule has 594 valence electrons. The van der Waals surface area contributed by atoms with Crippen molar-refractivity contribution in [2.45, 2.75) is 185 Å². The molecule has 0 radical (unpaired) electrons. The molecule has 9 atom stereocenters. The summed E-state index contributed by atoms with van der Waals surface area (Å²) in [5.74, 6) is -10.6. The molecular weight excluding hydrogens is 1440 g/mol. The zero-order chi connectivity index (χ0) is 80.8. The summed E-state index contributed by atoms with van der Waals surface area (Å²) in [4.78, 5) is 196. The summed E-state index contributed by atoms with van der Waals surface area (Å²) in [6.45, 7) is 10.2. The number of hydrogen-bond acceptors (Lipinski definition) is 15. The number of carbonyl (C=O) groups excluding carboxylic acids is 11. The fraction of sp³-hybridized carbons (Fsp3) is 0.481. The number of halogens is 1. The van der Waals surface area contributed by atoms with Gasteiger partial charge in [-0.05, 0) is 125 Å². The number of nitrogens with one attached hydrogen (secondary N) is 7. The standard InChI is InChI=1S/C79H105ClN14O16/c1-12-14-26-59(85-72(102)60(86-70(100)47(3)81)39-51-42-82-57-27-17-15-24-55(51)57)71(101)87-61(40-52-43-83-58-28-18-16-25-56(52)58)73(103)88-62(37-49-30-32-54(33-31-49)110-79(5,6)7)75(105)89(8)45-67(96)91(10)48(4)74(104)92(11)65(38-50-22-21-23-53(80)36-50)77(107)90(9)46-68(97)93(34-13-2)44-66(95)84-63(41-69(98)99)76(106)94-35-20-19-29-64(94)78(108)109/h15-18,21-25,27-28,30-33,36,42-43,47-48,59-65,82-83H,12-14,19-20,26,29,34-35,37-41,44-46,81H2,1-11H3,(H,84,95)(H,85,102)(H,86,100)(H,87,101)(H,88,103)(H,98,99)(H,108,109)/t47-,48-,59-,60-,61-,62+,63-,64-,65-/m0/s1. The van der Waals surface area contributed by atoms with Crippen LogP contribution in [-0.4, -0.2) is 247 Å². The lowest BCUT2D eigenvalue weighted by molar-refractivity contribution is -0.154. The number of nitrogens with zero attached hydrogens (tertiary/aromatic N) is 6. The lowest BCUT2D eigenvalue weighted by atomic mass is 10.0. The molecule has 1 aliphatic rings. The average molecular weight is 1540 g/mol. The van der Waals surface area contributed by atoms with Gasteiger partial charge < -0.3 is 86.6 Å². The van der Waals surface area contributed by atoms with E-state index >= 15 is 9.59 Å². The highest BCUT2D eigenvalue weighted by molar-refractivity contribution is 6.30. The number of carbonyl (C=O) groups is 13. The molecule has 0 aliphatic carbocycles. The second-order valence-corrected chi connectivity index (χ2v) is 29.6. The fourth-order valence-electron chi connectivity index (χ4n) is 13.1. The summed E-state index contributed by atoms with van der Waals surface area (Å²) in [7, 11) is 5.34. The number of para-hydroxylation sites is 2. The van der Waals surface area contributed by atoms with Gasteiger partial charge in [-0.1, -0.05) is 99.0 Å². The smallest absolute Gasteiger partial charge is 0.326 e. The van der Waals surface area contributed by atoms with Crippen molar-refractivity contribution in [2.24, 2.45) is 5.73 Å². The summed E-state index contributed by atoms with van der Waals surface area (Å²) in [5.41, 5.74) is 9.37. The first kappa shape index (κ1) is 86.4. The highest BCUT2D eigenvalue weighted by Gasteiger charge is 2.40. The molecule has 0 saturated carbocycles. The molecule has 4 aromatic carbocycles. The molecule has 6 aromatic rings. The number of aromatic nitrogens is 2. The zero-order valence-electron chi connectivity index (χ0n) is 64.4. The van der Waals surface area contributed by atoms with Gasteiger partial charge in [0, 0.05) is 106 Å². The number of carboxylic acids is 2. The van der Waals surface area contributed by atoms with E-state index in [9.17, 15) is 63.0 Å². The van der Waals surface area contributed by atoms with E-state index in [0.717, 1.165) is 56.8 Å². The van der Waals surface area contributed by atoms with E-state index in [4.69, 9.17) is 22.1 Å². The number of carboxylic acid groups (broad SMARTS) is 2. The van der Waals surface area contributed by atoms with Crippen LogP contribution in [-0.2, 0) is 88.0 Å². The Balaban J connectivity index is 1.11. The van der Waals surface area contributed by atoms with E-state index in [2.05, 4.69) is 36.6 Å². The number of nitrogens with two attached hydrogens (primary N) is 1. The number of aromatic amines is 2. The Hall–Kier alpha value is -10.9. The molecule has 2 aromatic heterocycles. The van der Waals surface area contributed by atoms with Gasteiger partial charge in [0.15, 0.2) is 0 Å². The van der Waals surface area contributed by atoms with E-state index in [1.807, 2.05) is 76.2 Å². The summed E-state index contributed by atoms with van der Waals surface area (Å²) in [6.07, 6.45) is 4.83. The second-order valence-electron chi connectivity index (χ2n) is 29.1. The van der Waals surface area contributed by atoms with Crippen molar-refractivity contribution in [3.8, 4) is 5.75 Å². The summed E-state index contributed by atoms with van der Waals surface area (Å²) >= 11 is 6.41. The van der Waals surface area contributed by atoms with E-state index in [1.54, 1.807) is 67.8 Å². The number of ether oxygens (including phenoxy) is 1. The van der Waals surface area contributed by atoms with Gasteiger partial charge >= 0.3 is 11.9 Å². The van der Waals surface area contributed by atoms with Crippen molar-refractivity contribution in [2.75, 3.05) is 60.9 Å². The highest BCUT2D eigenvalue weighted by Crippen LogP contribution is 2.26. The maximum atomic E-state index is 15.3. The number of likely N-dealkylation sites (tertiary alicyclic amines) is 1. The Morgan fingerprint density at radius 1 is 0.600 bits per heavy atom. The van der Waals surface area contributed by atoms with E-state index in [0.29, 0.717) is 59.6 Å². The van der Waals surface area contributed by atoms with Crippen LogP contribution in [0.4, 0.5) is 0 Å². The molecule has 7 rings (SSSR count). The minimum atomic E-state index is -1.66. The van der Waals surface area contributed by atoms with Gasteiger partial charge in [-0.25, -0.2) is 4.79 Å². The normalized spacial score (nSPS) is 15.1. The number of unbranched alkanes of at least 4 members (excludes halogenated alkanes) is 1. The molecule has 0 spiro atoms. The number of likely N-dealkylation sites (N-methyl/N-ethyl adjacent to an activating group) is 4. The van der Waals surface area contributed by atoms with E-state index in [-0.39, 0.29) is 51.6 Å². The molecule has 31 heteroatoms. The molecule has 1 fully saturated rings. The summed E-state index contributed by atoms with van der Waals surface area (Å²) in [6, 6.07) is 16.3. The SMILES string of the molecule is CCCC[C@H](NC(=O)[C@H](Cc1c[nH]c2ccccc12)NC(=O)[C@H](C)N)C(=O)N[C@@H](Cc1c[nH]c2ccccc12)C(=O)N[C@H](Cc1ccc(OC(C)(C)C)cc1)C(=O)N(C)CC(=O)N(C)[C@@H](C)C(=O)N(C)[C@@H](Cc1cccc(Cl)c1)C(=O)N(C)CC(=O)N(CCC)CC(=O)N[C@@H](CC(=O)O)C(=O)N1CCCC[C@H]1C(=O)O. The Bertz CT molecular complexity index is 4270. The van der Waals surface area contributed by atoms with Crippen LogP contribution >= 0.6 is 11.6 Å². The third-order valence-electron chi connectivity index (χ3n) is 19.3. The molecule has 1 saturated heterocycles. The number of rotatable bonds is 38. The Kier molecular flexibility index (Phi) is 31.4. The number of amides is 11. The van der Waals surface area contributed by atoms with Gasteiger partial charge in [0.25, 0.3) is 0 Å². The number of fused-ring (bicyclic) bond motifs is 2. The number of H-pyrrole nitrogens is 2. The van der Waals surface area contributed by atoms with Gasteiger partial charge in [-0.2, -0.15) is 0 Å². The lowest BCUT2D eigenvalue weighted by Gasteiger charge is -2.36. The number of hydrogen-bond donors (Lipinski definition) is 10. The van der Waals surface area contributed by atoms with Crippen LogP contribution in [0.25, 0.3) is 21.8 Å². The quantitative estimate of drug-likeness (QED) is 0.0255. The van der Waals surface area contributed by atoms with Crippen molar-refractivity contribution in [3.63, 3.8) is 0 Å². The molecule has 110 heavy (non-hydrogen) atoms. The monoisotopic (exact) mass is 1540 g/mol. The maximum absolute atomic E-state index is 15.3. The van der Waals surface area contributed by atoms with Gasteiger partial charge in [0.2, 0.25) is 65.0 Å². The van der Waals surface area contributed by atoms with Crippen molar-refractivity contribution in [3.05, 3.63) is 137 Å². The third kappa shape index (κ3) is 24.3. The average Bonchev–Trinajstić information content (AvgIpc) is 1.47. The van der Waals surface area contributed by atoms with Crippen LogP contribution in [0.5, 0.6) is 5.75 Å². The minimum absolute atomic E-state index is 0.0225. The Morgan fingerprint density at radius 2 is 1.15 bits per heavy atom. The van der Waals surface area contributed by atoms with Gasteiger partial charge in [-0.15, -0.1) is 0 Å². The predicted octanol–water partition coefficient (Wildman–Crippen LogP) is 4.48. The summed E-state index contributed by atoms with van der Waals surface area (Å²) < 4.78 is 6.08. The number of benzene rings is 4. The molecule has 11 N–H and O–H groups in total. The zero-order valence-corrected chi connectivity index (χ0v) is 65.1. The van der Waals surface area contributed by atoms with Crippen molar-refractivity contribution < 1.29 is 77.3 Å². The molecule has 0 unspecified atom stereocenters. The second kappa shape index (κ2) is 40.0. The molecule has 30 nitrogen and oxygen atoms in total. The molecule has 1 aliphatic heterocycles. The first-order valence-corrected chi connectivity index (χ1v) is 37.4. The summed E-state index contributed by atoms with van der Waals surface area (Å²) in [5, 5.41) is 35.2. The predicted molar refractivity (Wildman–Crippen MR) is 413 cm³/mol. The van der Waals surface area contributed by atoms with Crippen LogP contribution in [0, 0.1) is 0 Å². The Labute approximate surface area is 645 Å². The van der Waals surface area contributed by atoms with Gasteiger partial charge in [0.05, 0.1) is 32.1 Å². The molecule has 0 bridgehead atoms. The number of piperidine rings is 1. The van der Waals surface area contributed by atoms with Crippen LogP contribution < -0.4 is 37.1 Å². The maximum Gasteiger partial charge on any atom is 0.326 e. The van der Waals surface area contributed by atoms with Crippen LogP contribution in [0.1, 0.15) is 122 Å². The van der Waals surface area contributed by atoms with Gasteiger partial charge in [0.1, 0.15) is 59.7 Å². The van der Waals surface area contributed by atoms with Gasteiger partial charge in [-0.3, -0.25) is 57.5 Å². The fourth-order valence-corrected chi connectivity index (χ4v) is 13.4. The van der Waals surface area contributed by atoms with Crippen LogP contribution in [0.15, 0.2) is 109 Å². The number of aliphatic carboxylic acids is 2. The minimum Gasteiger partial charge on any atom is -0.488 e. The largest absolute Gasteiger partial charge is 0.488 e. The lowest BCUT2D eigenvalue weighted by Crippen LogP contribution is -2.60. The van der Waals surface area contributed by atoms with Crippen LogP contribution in [0.3, 0.4) is 0 Å². The molecular formula is C79H105ClN14O16. The van der Waals surface area contributed by atoms with Crippen molar-refractivity contribution in [1.82, 2.24) is 66.0 Å². The van der Waals surface area contributed by atoms with Crippen LogP contribution in [0.2, 0.25) is 5.02 Å². The molecule has 3 heterocycles. The molecule has 11 amide bonds. The van der Waals surface area contributed by atoms with Crippen molar-refractivity contribution in [1.29, 1.82) is 0 Å². The van der Waals surface area contributed by atoms with E-state index in [1.165, 1.54) is 42.0 Å². The highest BCUT2D eigenvalue weighted by atomic mass is 35.5.